The predicted octanol–water partition coefficient (Wildman–Crippen LogP) is -0.671. The molecule has 0 bridgehead atoms. The number of hydrogen-bond acceptors (Lipinski definition) is 3. The first-order valence-electron chi connectivity index (χ1n) is 4.10. The average molecular weight is 189 g/mol. The molecule has 0 rings (SSSR count). The molecule has 0 aromatic carbocycles. The fraction of sp³-hybridized carbons (Fsp3) is 0.750. The van der Waals surface area contributed by atoms with E-state index in [2.05, 4.69) is 5.32 Å². The smallest absolute Gasteiger partial charge is 0.302 e. The molecule has 0 aliphatic rings. The molecule has 5 heteroatoms. The van der Waals surface area contributed by atoms with Crippen LogP contribution >= 0.6 is 0 Å². The molecular weight excluding hydrogens is 172 g/mol. The van der Waals surface area contributed by atoms with Gasteiger partial charge in [0.2, 0.25) is 6.41 Å². The third-order valence-corrected chi connectivity index (χ3v) is 1.60. The maximum atomic E-state index is 10.4. The summed E-state index contributed by atoms with van der Waals surface area (Å²) in [5, 5.41) is 2.58. The molecule has 0 fully saturated rings. The number of esters is 1. The van der Waals surface area contributed by atoms with Crippen LogP contribution in [0, 0.1) is 0 Å². The van der Waals surface area contributed by atoms with Crippen LogP contribution < -0.4 is 5.32 Å². The van der Waals surface area contributed by atoms with Crippen molar-refractivity contribution in [2.24, 2.45) is 0 Å². The highest BCUT2D eigenvalue weighted by atomic mass is 16.5. The fourth-order valence-electron chi connectivity index (χ4n) is 0.800. The van der Waals surface area contributed by atoms with Crippen molar-refractivity contribution in [2.75, 3.05) is 33.9 Å². The maximum absolute atomic E-state index is 10.4. The van der Waals surface area contributed by atoms with Crippen molar-refractivity contribution in [1.29, 1.82) is 0 Å². The van der Waals surface area contributed by atoms with E-state index in [0.717, 1.165) is 0 Å². The quantitative estimate of drug-likeness (QED) is 0.261. The number of nitrogens with zero attached hydrogens (tertiary/aromatic N) is 1. The largest absolute Gasteiger partial charge is 0.460 e. The van der Waals surface area contributed by atoms with Crippen LogP contribution in [-0.4, -0.2) is 50.8 Å². The second-order valence-corrected chi connectivity index (χ2v) is 3.48. The van der Waals surface area contributed by atoms with Crippen LogP contribution in [0.25, 0.3) is 0 Å². The van der Waals surface area contributed by atoms with Crippen LogP contribution in [0.4, 0.5) is 0 Å². The molecule has 0 saturated carbocycles. The lowest BCUT2D eigenvalue weighted by Crippen LogP contribution is -2.48. The molecule has 0 saturated heterocycles. The number of likely N-dealkylation sites (N-methyl/N-ethyl adjacent to an activating group) is 1. The van der Waals surface area contributed by atoms with Crippen LogP contribution in [-0.2, 0) is 14.3 Å². The summed E-state index contributed by atoms with van der Waals surface area (Å²) in [6, 6.07) is 0. The average Bonchev–Trinajstić information content (AvgIpc) is 2.00. The Morgan fingerprint density at radius 3 is 2.62 bits per heavy atom. The molecule has 0 heterocycles. The van der Waals surface area contributed by atoms with E-state index in [1.54, 1.807) is 0 Å². The topological polar surface area (TPSA) is 55.4 Å². The summed E-state index contributed by atoms with van der Waals surface area (Å²) in [5.74, 6) is -0.275. The third-order valence-electron chi connectivity index (χ3n) is 1.60. The molecule has 1 N–H and O–H groups in total. The zero-order valence-electron chi connectivity index (χ0n) is 8.37. The van der Waals surface area contributed by atoms with E-state index >= 15 is 0 Å². The third kappa shape index (κ3) is 7.27. The first-order valence-corrected chi connectivity index (χ1v) is 4.10. The molecule has 13 heavy (non-hydrogen) atoms. The molecule has 0 atom stereocenters. The van der Waals surface area contributed by atoms with Crippen LogP contribution in [0.5, 0.6) is 0 Å². The number of amides is 1. The Morgan fingerprint density at radius 2 is 2.15 bits per heavy atom. The standard InChI is InChI=1S/C8H16N2O3/c1-8(12)13-5-4-10(2,3)6-9-7-11/h7H,4-6H2,1-3H3/p+1. The minimum atomic E-state index is -0.275. The molecule has 0 radical (unpaired) electrons. The molecule has 0 aromatic heterocycles. The number of ether oxygens (including phenoxy) is 1. The van der Waals surface area contributed by atoms with Gasteiger partial charge in [-0.25, -0.2) is 0 Å². The lowest BCUT2D eigenvalue weighted by atomic mass is 10.5. The van der Waals surface area contributed by atoms with E-state index in [9.17, 15) is 9.59 Å². The molecule has 0 aliphatic carbocycles. The minimum absolute atomic E-state index is 0.275. The zero-order valence-corrected chi connectivity index (χ0v) is 8.37. The van der Waals surface area contributed by atoms with E-state index in [0.29, 0.717) is 30.7 Å². The van der Waals surface area contributed by atoms with Gasteiger partial charge < -0.3 is 14.5 Å². The summed E-state index contributed by atoms with van der Waals surface area (Å²) in [5.41, 5.74) is 0. The molecule has 0 unspecified atom stereocenters. The summed E-state index contributed by atoms with van der Waals surface area (Å²) in [6.07, 6.45) is 0.659. The lowest BCUT2D eigenvalue weighted by molar-refractivity contribution is -0.892. The second-order valence-electron chi connectivity index (χ2n) is 3.48. The summed E-state index contributed by atoms with van der Waals surface area (Å²) >= 11 is 0. The first kappa shape index (κ1) is 11.9. The van der Waals surface area contributed by atoms with Gasteiger partial charge in [0, 0.05) is 6.92 Å². The van der Waals surface area contributed by atoms with Crippen molar-refractivity contribution in [3.63, 3.8) is 0 Å². The molecule has 0 aromatic rings. The highest BCUT2D eigenvalue weighted by molar-refractivity contribution is 5.65. The van der Waals surface area contributed by atoms with Crippen molar-refractivity contribution in [3.8, 4) is 0 Å². The van der Waals surface area contributed by atoms with Crippen molar-refractivity contribution in [1.82, 2.24) is 5.32 Å². The number of quaternary nitrogens is 1. The fourth-order valence-corrected chi connectivity index (χ4v) is 0.800. The van der Waals surface area contributed by atoms with Gasteiger partial charge >= 0.3 is 5.97 Å². The van der Waals surface area contributed by atoms with Crippen molar-refractivity contribution in [2.45, 2.75) is 6.92 Å². The van der Waals surface area contributed by atoms with Crippen LogP contribution in [0.1, 0.15) is 6.92 Å². The highest BCUT2D eigenvalue weighted by Gasteiger charge is 2.13. The summed E-state index contributed by atoms with van der Waals surface area (Å²) < 4.78 is 5.38. The highest BCUT2D eigenvalue weighted by Crippen LogP contribution is 1.93. The van der Waals surface area contributed by atoms with Gasteiger partial charge in [-0.2, -0.15) is 0 Å². The maximum Gasteiger partial charge on any atom is 0.302 e. The summed E-state index contributed by atoms with van der Waals surface area (Å²) in [7, 11) is 3.89. The van der Waals surface area contributed by atoms with E-state index < -0.39 is 0 Å². The number of hydrogen-bond donors (Lipinski definition) is 1. The second kappa shape index (κ2) is 5.53. The van der Waals surface area contributed by atoms with Crippen LogP contribution in [0.15, 0.2) is 0 Å². The van der Waals surface area contributed by atoms with E-state index in [1.165, 1.54) is 6.92 Å². The Morgan fingerprint density at radius 1 is 1.54 bits per heavy atom. The zero-order chi connectivity index (χ0) is 10.3. The van der Waals surface area contributed by atoms with Crippen LogP contribution in [0.3, 0.4) is 0 Å². The van der Waals surface area contributed by atoms with Gasteiger partial charge in [0.1, 0.15) is 13.2 Å². The van der Waals surface area contributed by atoms with Crippen molar-refractivity contribution in [3.05, 3.63) is 0 Å². The number of nitrogens with one attached hydrogen (secondary N) is 1. The van der Waals surface area contributed by atoms with E-state index in [1.807, 2.05) is 14.1 Å². The Kier molecular flexibility index (Phi) is 5.06. The molecule has 76 valence electrons. The number of carbonyl (C=O) groups excluding carboxylic acids is 2. The van der Waals surface area contributed by atoms with Crippen molar-refractivity contribution >= 4 is 12.4 Å². The Bertz CT molecular complexity index is 180. The lowest BCUT2D eigenvalue weighted by Gasteiger charge is -2.28. The van der Waals surface area contributed by atoms with Gasteiger partial charge in [-0.05, 0) is 0 Å². The first-order chi connectivity index (χ1) is 5.98. The molecule has 0 aliphatic heterocycles. The van der Waals surface area contributed by atoms with Gasteiger partial charge in [0.15, 0.2) is 6.67 Å². The monoisotopic (exact) mass is 189 g/mol. The van der Waals surface area contributed by atoms with Gasteiger partial charge in [-0.15, -0.1) is 0 Å². The summed E-state index contributed by atoms with van der Waals surface area (Å²) in [4.78, 5) is 20.5. The normalized spacial score (nSPS) is 10.7. The Hall–Kier alpha value is -1.10. The number of rotatable bonds is 6. The minimum Gasteiger partial charge on any atom is -0.460 e. The number of carbonyl (C=O) groups is 2. The van der Waals surface area contributed by atoms with Crippen molar-refractivity contribution < 1.29 is 18.8 Å². The molecule has 5 nitrogen and oxygen atoms in total. The van der Waals surface area contributed by atoms with E-state index in [4.69, 9.17) is 4.74 Å². The SMILES string of the molecule is CC(=O)OCC[N+](C)(C)CNC=O. The van der Waals surface area contributed by atoms with Gasteiger partial charge in [-0.3, -0.25) is 9.59 Å². The molecular formula is C8H17N2O3+. The molecule has 1 amide bonds. The Labute approximate surface area is 78.3 Å². The van der Waals surface area contributed by atoms with Gasteiger partial charge in [0.05, 0.1) is 14.1 Å². The van der Waals surface area contributed by atoms with Gasteiger partial charge in [0.25, 0.3) is 0 Å². The molecule has 0 spiro atoms. The van der Waals surface area contributed by atoms with Crippen LogP contribution in [0.2, 0.25) is 0 Å². The Balaban J connectivity index is 3.61. The van der Waals surface area contributed by atoms with E-state index in [-0.39, 0.29) is 5.97 Å². The van der Waals surface area contributed by atoms with Gasteiger partial charge in [-0.1, -0.05) is 0 Å². The predicted molar refractivity (Wildman–Crippen MR) is 47.7 cm³/mol. The summed E-state index contributed by atoms with van der Waals surface area (Å²) in [6.45, 7) is 2.97.